The summed E-state index contributed by atoms with van der Waals surface area (Å²) < 4.78 is 34.2. The van der Waals surface area contributed by atoms with Crippen LogP contribution < -0.4 is 10.1 Å². The van der Waals surface area contributed by atoms with Crippen LogP contribution in [0.4, 0.5) is 8.78 Å². The second-order valence-corrected chi connectivity index (χ2v) is 6.75. The first-order chi connectivity index (χ1) is 15.0. The number of carbonyl (C=O) groups is 1. The van der Waals surface area contributed by atoms with Crippen LogP contribution in [0, 0.1) is 18.6 Å². The van der Waals surface area contributed by atoms with Crippen molar-refractivity contribution in [2.24, 2.45) is 0 Å². The molecule has 6 nitrogen and oxygen atoms in total. The molecule has 2 aromatic heterocycles. The molecule has 0 saturated carbocycles. The van der Waals surface area contributed by atoms with Crippen molar-refractivity contribution >= 4 is 5.91 Å². The van der Waals surface area contributed by atoms with Gasteiger partial charge in [-0.25, -0.2) is 18.4 Å². The molecule has 8 heteroatoms. The third-order valence-corrected chi connectivity index (χ3v) is 4.60. The minimum atomic E-state index is -0.424. The van der Waals surface area contributed by atoms with Crippen molar-refractivity contribution in [1.29, 1.82) is 0 Å². The molecule has 0 radical (unpaired) electrons. The maximum Gasteiger partial charge on any atom is 0.255 e. The fraction of sp³-hybridized carbons (Fsp3) is 0.0870. The number of nitrogens with zero attached hydrogens (tertiary/aromatic N) is 3. The molecule has 0 atom stereocenters. The van der Waals surface area contributed by atoms with Crippen molar-refractivity contribution in [2.75, 3.05) is 0 Å². The van der Waals surface area contributed by atoms with Crippen LogP contribution in [0.3, 0.4) is 0 Å². The van der Waals surface area contributed by atoms with Gasteiger partial charge in [0, 0.05) is 24.9 Å². The molecular formula is C23H18F2N4O2. The molecule has 1 amide bonds. The van der Waals surface area contributed by atoms with Gasteiger partial charge in [0.05, 0.1) is 17.5 Å². The van der Waals surface area contributed by atoms with Gasteiger partial charge in [-0.3, -0.25) is 4.79 Å². The Balaban J connectivity index is 1.39. The van der Waals surface area contributed by atoms with E-state index in [0.29, 0.717) is 22.9 Å². The molecule has 2 aromatic carbocycles. The van der Waals surface area contributed by atoms with Crippen LogP contribution in [0.2, 0.25) is 0 Å². The Morgan fingerprint density at radius 1 is 1.06 bits per heavy atom. The summed E-state index contributed by atoms with van der Waals surface area (Å²) in [5.41, 5.74) is 1.90. The van der Waals surface area contributed by atoms with Crippen LogP contribution in [-0.2, 0) is 6.54 Å². The SMILES string of the molecule is Cc1c(C(=O)NCc2ccc(Oc3cccc(F)c3)nc2)cnn1-c1ccccc1F. The van der Waals surface area contributed by atoms with Gasteiger partial charge in [-0.2, -0.15) is 5.10 Å². The zero-order valence-corrected chi connectivity index (χ0v) is 16.5. The summed E-state index contributed by atoms with van der Waals surface area (Å²) in [5.74, 6) is -0.503. The van der Waals surface area contributed by atoms with Crippen molar-refractivity contribution < 1.29 is 18.3 Å². The molecule has 0 aliphatic rings. The monoisotopic (exact) mass is 420 g/mol. The molecule has 156 valence electrons. The lowest BCUT2D eigenvalue weighted by Crippen LogP contribution is -2.23. The Labute approximate surface area is 177 Å². The minimum Gasteiger partial charge on any atom is -0.439 e. The summed E-state index contributed by atoms with van der Waals surface area (Å²) in [4.78, 5) is 16.7. The zero-order valence-electron chi connectivity index (χ0n) is 16.5. The summed E-state index contributed by atoms with van der Waals surface area (Å²) in [6.45, 7) is 1.94. The Morgan fingerprint density at radius 2 is 1.90 bits per heavy atom. The maximum atomic E-state index is 14.0. The standard InChI is InChI=1S/C23H18F2N4O2/c1-15-19(14-28-29(15)21-8-3-2-7-20(21)25)23(30)27-13-16-9-10-22(26-12-16)31-18-6-4-5-17(24)11-18/h2-12,14H,13H2,1H3,(H,27,30). The second-order valence-electron chi connectivity index (χ2n) is 6.75. The highest BCUT2D eigenvalue weighted by Crippen LogP contribution is 2.20. The summed E-state index contributed by atoms with van der Waals surface area (Å²) in [6, 6.07) is 15.4. The van der Waals surface area contributed by atoms with Gasteiger partial charge in [0.15, 0.2) is 0 Å². The number of nitrogens with one attached hydrogen (secondary N) is 1. The fourth-order valence-corrected chi connectivity index (χ4v) is 3.00. The number of pyridine rings is 1. The Hall–Kier alpha value is -4.07. The predicted molar refractivity (Wildman–Crippen MR) is 110 cm³/mol. The lowest BCUT2D eigenvalue weighted by molar-refractivity contribution is 0.0950. The molecule has 0 bridgehead atoms. The summed E-state index contributed by atoms with van der Waals surface area (Å²) in [5, 5.41) is 6.94. The van der Waals surface area contributed by atoms with Crippen molar-refractivity contribution in [2.45, 2.75) is 13.5 Å². The number of benzene rings is 2. The highest BCUT2D eigenvalue weighted by Gasteiger charge is 2.16. The van der Waals surface area contributed by atoms with Crippen molar-refractivity contribution in [3.05, 3.63) is 102 Å². The lowest BCUT2D eigenvalue weighted by atomic mass is 10.2. The molecular weight excluding hydrogens is 402 g/mol. The van der Waals surface area contributed by atoms with Crippen LogP contribution >= 0.6 is 0 Å². The van der Waals surface area contributed by atoms with Gasteiger partial charge in [0.2, 0.25) is 5.88 Å². The van der Waals surface area contributed by atoms with E-state index in [0.717, 1.165) is 5.56 Å². The van der Waals surface area contributed by atoms with E-state index in [1.807, 2.05) is 0 Å². The topological polar surface area (TPSA) is 69.0 Å². The number of hydrogen-bond donors (Lipinski definition) is 1. The van der Waals surface area contributed by atoms with Crippen molar-refractivity contribution in [1.82, 2.24) is 20.1 Å². The van der Waals surface area contributed by atoms with E-state index in [-0.39, 0.29) is 18.1 Å². The number of para-hydroxylation sites is 1. The Morgan fingerprint density at radius 3 is 2.65 bits per heavy atom. The molecule has 2 heterocycles. The molecule has 31 heavy (non-hydrogen) atoms. The molecule has 1 N–H and O–H groups in total. The lowest BCUT2D eigenvalue weighted by Gasteiger charge is -2.08. The van der Waals surface area contributed by atoms with E-state index in [1.165, 1.54) is 29.1 Å². The number of ether oxygens (including phenoxy) is 1. The van der Waals surface area contributed by atoms with Crippen molar-refractivity contribution in [3.63, 3.8) is 0 Å². The normalized spacial score (nSPS) is 10.7. The third kappa shape index (κ3) is 4.58. The summed E-state index contributed by atoms with van der Waals surface area (Å²) in [6.07, 6.45) is 2.97. The Kier molecular flexibility index (Phi) is 5.70. The van der Waals surface area contributed by atoms with Gasteiger partial charge >= 0.3 is 0 Å². The van der Waals surface area contributed by atoms with E-state index in [4.69, 9.17) is 4.74 Å². The van der Waals surface area contributed by atoms with Gasteiger partial charge in [0.1, 0.15) is 23.1 Å². The molecule has 0 unspecified atom stereocenters. The van der Waals surface area contributed by atoms with Crippen LogP contribution in [-0.4, -0.2) is 20.7 Å². The van der Waals surface area contributed by atoms with E-state index in [2.05, 4.69) is 15.4 Å². The maximum absolute atomic E-state index is 14.0. The number of halogens is 2. The van der Waals surface area contributed by atoms with E-state index in [1.54, 1.807) is 55.6 Å². The quantitative estimate of drug-likeness (QED) is 0.496. The van der Waals surface area contributed by atoms with Gasteiger partial charge in [-0.05, 0) is 36.8 Å². The average Bonchev–Trinajstić information content (AvgIpc) is 3.14. The molecule has 4 aromatic rings. The molecule has 0 aliphatic heterocycles. The number of rotatable bonds is 6. The minimum absolute atomic E-state index is 0.233. The van der Waals surface area contributed by atoms with E-state index in [9.17, 15) is 13.6 Å². The predicted octanol–water partition coefficient (Wildman–Crippen LogP) is 4.58. The van der Waals surface area contributed by atoms with Crippen LogP contribution in [0.5, 0.6) is 11.6 Å². The van der Waals surface area contributed by atoms with E-state index >= 15 is 0 Å². The first kappa shape index (κ1) is 20.2. The number of amides is 1. The fourth-order valence-electron chi connectivity index (χ4n) is 3.00. The first-order valence-corrected chi connectivity index (χ1v) is 9.47. The summed E-state index contributed by atoms with van der Waals surface area (Å²) >= 11 is 0. The molecule has 0 saturated heterocycles. The van der Waals surface area contributed by atoms with Crippen LogP contribution in [0.1, 0.15) is 21.6 Å². The molecule has 0 fully saturated rings. The van der Waals surface area contributed by atoms with Crippen LogP contribution in [0.15, 0.2) is 73.1 Å². The first-order valence-electron chi connectivity index (χ1n) is 9.47. The smallest absolute Gasteiger partial charge is 0.255 e. The largest absolute Gasteiger partial charge is 0.439 e. The van der Waals surface area contributed by atoms with Gasteiger partial charge in [0.25, 0.3) is 5.91 Å². The van der Waals surface area contributed by atoms with Crippen molar-refractivity contribution in [3.8, 4) is 17.3 Å². The zero-order chi connectivity index (χ0) is 21.8. The summed E-state index contributed by atoms with van der Waals surface area (Å²) in [7, 11) is 0. The molecule has 0 aliphatic carbocycles. The van der Waals surface area contributed by atoms with Gasteiger partial charge in [-0.15, -0.1) is 0 Å². The van der Waals surface area contributed by atoms with E-state index < -0.39 is 11.6 Å². The highest BCUT2D eigenvalue weighted by atomic mass is 19.1. The Bertz CT molecular complexity index is 1220. The number of aromatic nitrogens is 3. The average molecular weight is 420 g/mol. The molecule has 0 spiro atoms. The number of hydrogen-bond acceptors (Lipinski definition) is 4. The second kappa shape index (κ2) is 8.74. The third-order valence-electron chi connectivity index (χ3n) is 4.60. The molecule has 4 rings (SSSR count). The highest BCUT2D eigenvalue weighted by molar-refractivity contribution is 5.95. The van der Waals surface area contributed by atoms with Gasteiger partial charge < -0.3 is 10.1 Å². The van der Waals surface area contributed by atoms with Crippen LogP contribution in [0.25, 0.3) is 5.69 Å². The van der Waals surface area contributed by atoms with Gasteiger partial charge in [-0.1, -0.05) is 24.3 Å². The number of carbonyl (C=O) groups excluding carboxylic acids is 1.